The van der Waals surface area contributed by atoms with Crippen molar-refractivity contribution in [1.29, 1.82) is 0 Å². The summed E-state index contributed by atoms with van der Waals surface area (Å²) in [6, 6.07) is 5.15. The number of aryl methyl sites for hydroxylation is 1. The Hall–Kier alpha value is -5.10. The smallest absolute Gasteiger partial charge is 0.308 e. The number of carbonyl (C=O) groups excluding carboxylic acids is 5. The van der Waals surface area contributed by atoms with Crippen molar-refractivity contribution in [2.45, 2.75) is 96.8 Å². The van der Waals surface area contributed by atoms with Crippen molar-refractivity contribution < 1.29 is 71.3 Å². The largest absolute Gasteiger partial charge is 0.493 e. The normalized spacial score (nSPS) is 25.7. The maximum absolute atomic E-state index is 14.2. The van der Waals surface area contributed by atoms with Crippen LogP contribution in [-0.4, -0.2) is 92.2 Å². The van der Waals surface area contributed by atoms with E-state index in [1.165, 1.54) is 27.2 Å². The number of rotatable bonds is 11. The minimum atomic E-state index is -1.60. The number of esters is 5. The lowest BCUT2D eigenvalue weighted by Crippen LogP contribution is -2.63. The first-order chi connectivity index (χ1) is 25.2. The molecule has 4 heterocycles. The summed E-state index contributed by atoms with van der Waals surface area (Å²) in [4.78, 5) is 74.8. The predicted octanol–water partition coefficient (Wildman–Crippen LogP) is 2.38. The molecule has 2 aromatic rings. The molecule has 1 fully saturated rings. The molecule has 1 saturated heterocycles. The van der Waals surface area contributed by atoms with Crippen molar-refractivity contribution in [2.75, 3.05) is 20.8 Å². The summed E-state index contributed by atoms with van der Waals surface area (Å²) in [7, 11) is 2.79. The fraction of sp³-hybridized carbons (Fsp3) is 0.500. The van der Waals surface area contributed by atoms with Crippen LogP contribution in [0.3, 0.4) is 0 Å². The van der Waals surface area contributed by atoms with E-state index in [4.69, 9.17) is 47.4 Å². The summed E-state index contributed by atoms with van der Waals surface area (Å²) in [5.41, 5.74) is 2.15. The number of hydrogen-bond donors (Lipinski definition) is 0. The minimum absolute atomic E-state index is 0.167. The van der Waals surface area contributed by atoms with Crippen molar-refractivity contribution in [3.05, 3.63) is 57.9 Å². The quantitative estimate of drug-likeness (QED) is 0.140. The van der Waals surface area contributed by atoms with Gasteiger partial charge >= 0.3 is 29.8 Å². The molecule has 1 aromatic carbocycles. The minimum Gasteiger partial charge on any atom is -0.493 e. The third-order valence-corrected chi connectivity index (χ3v) is 8.72. The van der Waals surface area contributed by atoms with E-state index in [1.807, 2.05) is 0 Å². The summed E-state index contributed by atoms with van der Waals surface area (Å²) in [6.45, 7) is 9.54. The highest BCUT2D eigenvalue weighted by Gasteiger charge is 2.54. The molecule has 1 aromatic heterocycles. The van der Waals surface area contributed by atoms with Crippen molar-refractivity contribution in [3.63, 3.8) is 0 Å². The molecule has 3 aliphatic heterocycles. The van der Waals surface area contributed by atoms with Gasteiger partial charge in [0.15, 0.2) is 42.4 Å². The molecule has 5 rings (SSSR count). The van der Waals surface area contributed by atoms with E-state index in [0.717, 1.165) is 33.3 Å². The first kappa shape index (κ1) is 39.1. The fourth-order valence-electron chi connectivity index (χ4n) is 6.69. The number of benzene rings is 1. The lowest BCUT2D eigenvalue weighted by Gasteiger charge is -2.46. The van der Waals surface area contributed by atoms with E-state index in [-0.39, 0.29) is 11.3 Å². The molecule has 0 bridgehead atoms. The Balaban J connectivity index is 1.60. The molecule has 8 atom stereocenters. The molecule has 53 heavy (non-hydrogen) atoms. The molecule has 0 unspecified atom stereocenters. The molecule has 17 nitrogen and oxygen atoms in total. The topological polar surface area (TPSA) is 200 Å². The average molecular weight is 744 g/mol. The van der Waals surface area contributed by atoms with E-state index in [0.29, 0.717) is 35.5 Å². The highest BCUT2D eigenvalue weighted by atomic mass is 16.8. The molecule has 0 spiro atoms. The Bertz CT molecular complexity index is 1850. The molecule has 17 heteroatoms. The molecule has 286 valence electrons. The summed E-state index contributed by atoms with van der Waals surface area (Å²) in [6.07, 6.45) is -7.97. The van der Waals surface area contributed by atoms with Crippen LogP contribution in [0.5, 0.6) is 11.5 Å². The van der Waals surface area contributed by atoms with Crippen LogP contribution in [-0.2, 0) is 74.8 Å². The molecule has 0 N–H and O–H groups in total. The second-order valence-corrected chi connectivity index (χ2v) is 12.4. The van der Waals surface area contributed by atoms with Gasteiger partial charge in [-0.05, 0) is 35.7 Å². The summed E-state index contributed by atoms with van der Waals surface area (Å²) in [5.74, 6) is -4.05. The van der Waals surface area contributed by atoms with Crippen molar-refractivity contribution in [3.8, 4) is 22.8 Å². The van der Waals surface area contributed by atoms with Crippen LogP contribution in [0, 0.1) is 0 Å². The van der Waals surface area contributed by atoms with Gasteiger partial charge in [0.25, 0.3) is 5.56 Å². The van der Waals surface area contributed by atoms with E-state index >= 15 is 0 Å². The number of nitrogens with zero attached hydrogens (tertiary/aromatic N) is 1. The molecule has 0 amide bonds. The van der Waals surface area contributed by atoms with Crippen molar-refractivity contribution >= 4 is 29.8 Å². The van der Waals surface area contributed by atoms with Crippen LogP contribution >= 0.6 is 0 Å². The van der Waals surface area contributed by atoms with Crippen LogP contribution < -0.4 is 15.0 Å². The maximum Gasteiger partial charge on any atom is 0.308 e. The van der Waals surface area contributed by atoms with Gasteiger partial charge in [-0.15, -0.1) is 6.58 Å². The van der Waals surface area contributed by atoms with E-state index in [2.05, 4.69) is 6.58 Å². The van der Waals surface area contributed by atoms with E-state index in [1.54, 1.807) is 22.8 Å². The summed E-state index contributed by atoms with van der Waals surface area (Å²) in [5, 5.41) is 0. The molecule has 3 aliphatic rings. The molecule has 0 saturated carbocycles. The van der Waals surface area contributed by atoms with Crippen LogP contribution in [0.25, 0.3) is 11.3 Å². The van der Waals surface area contributed by atoms with Gasteiger partial charge in [-0.25, -0.2) is 0 Å². The van der Waals surface area contributed by atoms with Crippen LogP contribution in [0.4, 0.5) is 0 Å². The SMILES string of the molecule is C=C[C@@H]1c2cc3n(c(=O)c2[C@@H](OC)O[C@H]1O[C@@H]1O[C@H](COC(C)=O)[C@@H](OC(C)=O)[C@H](OC(C)=O)[C@H]1OC(C)=O)CCc1cc(OC)c(OC(C)=O)cc1-3. The van der Waals surface area contributed by atoms with Crippen molar-refractivity contribution in [2.24, 2.45) is 0 Å². The first-order valence-electron chi connectivity index (χ1n) is 16.6. The Labute approximate surface area is 303 Å². The third kappa shape index (κ3) is 8.27. The van der Waals surface area contributed by atoms with Crippen LogP contribution in [0.15, 0.2) is 35.6 Å². The summed E-state index contributed by atoms with van der Waals surface area (Å²) < 4.78 is 58.5. The van der Waals surface area contributed by atoms with Gasteiger partial charge in [0.2, 0.25) is 6.29 Å². The van der Waals surface area contributed by atoms with E-state index in [9.17, 15) is 28.8 Å². The molecule has 0 radical (unpaired) electrons. The number of pyridine rings is 1. The van der Waals surface area contributed by atoms with Crippen LogP contribution in [0.1, 0.15) is 63.5 Å². The first-order valence-corrected chi connectivity index (χ1v) is 16.6. The van der Waals surface area contributed by atoms with Gasteiger partial charge in [0.05, 0.1) is 24.3 Å². The Morgan fingerprint density at radius 3 is 2.08 bits per heavy atom. The number of methoxy groups -OCH3 is 2. The zero-order chi connectivity index (χ0) is 38.7. The average Bonchev–Trinajstić information content (AvgIpc) is 3.08. The fourth-order valence-corrected chi connectivity index (χ4v) is 6.69. The van der Waals surface area contributed by atoms with Gasteiger partial charge in [0, 0.05) is 53.8 Å². The van der Waals surface area contributed by atoms with E-state index < -0.39 is 91.2 Å². The van der Waals surface area contributed by atoms with Gasteiger partial charge in [-0.2, -0.15) is 0 Å². The lowest BCUT2D eigenvalue weighted by molar-refractivity contribution is -0.359. The van der Waals surface area contributed by atoms with Gasteiger partial charge in [0.1, 0.15) is 12.7 Å². The highest BCUT2D eigenvalue weighted by Crippen LogP contribution is 2.44. The van der Waals surface area contributed by atoms with Gasteiger partial charge < -0.3 is 51.9 Å². The Morgan fingerprint density at radius 1 is 0.830 bits per heavy atom. The molecular weight excluding hydrogens is 702 g/mol. The standard InChI is InChI=1S/C36H41NO16/c1-9-22-24-13-25-23-14-27(47-17(3)39)26(44-7)12-21(23)10-11-37(25)33(43)29(24)35(45-8)52-34(22)53-36-32(50-20(6)42)31(49-19(5)41)30(48-18(4)40)28(51-36)15-46-16(2)38/h9,12-14,22,28,30-32,34-36H,1,10-11,15H2,2-8H3/t22-,28-,30-,31+,32-,34+,35+,36+/m1/s1. The second-order valence-electron chi connectivity index (χ2n) is 12.4. The zero-order valence-electron chi connectivity index (χ0n) is 30.2. The zero-order valence-corrected chi connectivity index (χ0v) is 30.2. The number of fused-ring (bicyclic) bond motifs is 4. The van der Waals surface area contributed by atoms with Crippen LogP contribution in [0.2, 0.25) is 0 Å². The monoisotopic (exact) mass is 743 g/mol. The number of carbonyl (C=O) groups is 5. The lowest BCUT2D eigenvalue weighted by atomic mass is 9.87. The second kappa shape index (κ2) is 16.3. The number of ether oxygens (including phenoxy) is 10. The van der Waals surface area contributed by atoms with Gasteiger partial charge in [-0.3, -0.25) is 28.8 Å². The predicted molar refractivity (Wildman–Crippen MR) is 178 cm³/mol. The Morgan fingerprint density at radius 2 is 1.49 bits per heavy atom. The molecular formula is C36H41NO16. The maximum atomic E-state index is 14.2. The Kier molecular flexibility index (Phi) is 12.0. The number of aromatic nitrogens is 1. The summed E-state index contributed by atoms with van der Waals surface area (Å²) >= 11 is 0. The molecule has 0 aliphatic carbocycles. The third-order valence-electron chi connectivity index (χ3n) is 8.72. The highest BCUT2D eigenvalue weighted by molar-refractivity contribution is 5.75. The van der Waals surface area contributed by atoms with Crippen molar-refractivity contribution in [1.82, 2.24) is 4.57 Å². The van der Waals surface area contributed by atoms with Gasteiger partial charge in [-0.1, -0.05) is 6.08 Å². The number of hydrogen-bond acceptors (Lipinski definition) is 16.